The molecular weight excluding hydrogens is 273 g/mol. The minimum Gasteiger partial charge on any atom is -0.506 e. The molecule has 1 saturated heterocycles. The number of hydrogen-bond donors (Lipinski definition) is 1. The van der Waals surface area contributed by atoms with Crippen molar-refractivity contribution in [1.82, 2.24) is 0 Å². The molecule has 1 heterocycles. The van der Waals surface area contributed by atoms with E-state index >= 15 is 0 Å². The smallest absolute Gasteiger partial charge is 0.302 e. The van der Waals surface area contributed by atoms with Crippen LogP contribution in [0.2, 0.25) is 0 Å². The summed E-state index contributed by atoms with van der Waals surface area (Å²) in [5, 5.41) is 9.75. The Morgan fingerprint density at radius 1 is 1.47 bits per heavy atom. The molecule has 0 saturated carbocycles. The molecule has 19 heavy (non-hydrogen) atoms. The summed E-state index contributed by atoms with van der Waals surface area (Å²) in [5.41, 5.74) is 1.20. The van der Waals surface area contributed by atoms with Gasteiger partial charge in [0, 0.05) is 18.9 Å². The maximum Gasteiger partial charge on any atom is 0.302 e. The Hall–Kier alpha value is -1.63. The normalized spacial score (nSPS) is 20.0. The van der Waals surface area contributed by atoms with Gasteiger partial charge in [-0.15, -0.1) is 3.89 Å². The molecular formula is C12H14FNO4S. The molecule has 1 aromatic rings. The quantitative estimate of drug-likeness (QED) is 0.852. The van der Waals surface area contributed by atoms with Crippen molar-refractivity contribution in [3.05, 3.63) is 23.8 Å². The van der Waals surface area contributed by atoms with Gasteiger partial charge in [0.25, 0.3) is 0 Å². The average Bonchev–Trinajstić information content (AvgIpc) is 2.60. The number of carbonyl (C=O) groups is 1. The molecule has 0 radical (unpaired) electrons. The molecule has 104 valence electrons. The molecule has 2 rings (SSSR count). The van der Waals surface area contributed by atoms with Gasteiger partial charge in [-0.1, -0.05) is 6.07 Å². The number of anilines is 1. The summed E-state index contributed by atoms with van der Waals surface area (Å²) in [5.74, 6) is -1.61. The van der Waals surface area contributed by atoms with Crippen molar-refractivity contribution in [2.75, 3.05) is 17.2 Å². The first-order valence-electron chi connectivity index (χ1n) is 5.78. The molecule has 7 heteroatoms. The zero-order valence-corrected chi connectivity index (χ0v) is 11.2. The van der Waals surface area contributed by atoms with Crippen LogP contribution in [-0.4, -0.2) is 31.7 Å². The van der Waals surface area contributed by atoms with Crippen molar-refractivity contribution in [1.29, 1.82) is 0 Å². The fourth-order valence-corrected chi connectivity index (χ4v) is 3.04. The first-order valence-corrected chi connectivity index (χ1v) is 7.34. The van der Waals surface area contributed by atoms with Crippen molar-refractivity contribution in [3.8, 4) is 5.75 Å². The third-order valence-corrected chi connectivity index (χ3v) is 3.93. The van der Waals surface area contributed by atoms with Crippen LogP contribution in [0, 0.1) is 12.8 Å². The van der Waals surface area contributed by atoms with E-state index in [4.69, 9.17) is 0 Å². The Kier molecular flexibility index (Phi) is 3.49. The van der Waals surface area contributed by atoms with E-state index in [1.165, 1.54) is 11.0 Å². The van der Waals surface area contributed by atoms with Gasteiger partial charge < -0.3 is 10.0 Å². The third-order valence-electron chi connectivity index (χ3n) is 3.06. The van der Waals surface area contributed by atoms with Gasteiger partial charge in [0.1, 0.15) is 5.75 Å². The zero-order chi connectivity index (χ0) is 14.2. The highest BCUT2D eigenvalue weighted by Crippen LogP contribution is 2.33. The highest BCUT2D eigenvalue weighted by atomic mass is 32.3. The summed E-state index contributed by atoms with van der Waals surface area (Å²) < 4.78 is 33.9. The number of nitrogens with zero attached hydrogens (tertiary/aromatic N) is 1. The van der Waals surface area contributed by atoms with Crippen LogP contribution in [0.25, 0.3) is 0 Å². The summed E-state index contributed by atoms with van der Waals surface area (Å²) in [6.07, 6.45) is -0.0312. The second-order valence-electron chi connectivity index (χ2n) is 4.77. The van der Waals surface area contributed by atoms with Crippen molar-refractivity contribution < 1.29 is 22.2 Å². The van der Waals surface area contributed by atoms with Gasteiger partial charge in [-0.05, 0) is 24.6 Å². The Bertz CT molecular complexity index is 614. The van der Waals surface area contributed by atoms with E-state index in [1.54, 1.807) is 12.1 Å². The van der Waals surface area contributed by atoms with Gasteiger partial charge >= 0.3 is 10.2 Å². The number of amides is 1. The van der Waals surface area contributed by atoms with Gasteiger partial charge in [-0.2, -0.15) is 8.42 Å². The van der Waals surface area contributed by atoms with Crippen LogP contribution in [-0.2, 0) is 15.0 Å². The second kappa shape index (κ2) is 4.80. The van der Waals surface area contributed by atoms with Crippen LogP contribution in [0.3, 0.4) is 0 Å². The number of aromatic hydroxyl groups is 1. The predicted molar refractivity (Wildman–Crippen MR) is 68.2 cm³/mol. The zero-order valence-electron chi connectivity index (χ0n) is 10.3. The lowest BCUT2D eigenvalue weighted by Crippen LogP contribution is -2.25. The molecule has 1 amide bonds. The molecule has 1 N–H and O–H groups in total. The van der Waals surface area contributed by atoms with Crippen LogP contribution in [0.5, 0.6) is 5.75 Å². The standard InChI is InChI=1S/C12H14FNO4S/c1-8-2-3-11(15)10(4-8)14-6-9(5-12(14)16)7-19(13,17)18/h2-4,9,15H,5-7H2,1H3. The molecule has 1 aliphatic heterocycles. The van der Waals surface area contributed by atoms with Crippen LogP contribution in [0.15, 0.2) is 18.2 Å². The summed E-state index contributed by atoms with van der Waals surface area (Å²) in [4.78, 5) is 13.1. The van der Waals surface area contributed by atoms with E-state index in [0.29, 0.717) is 5.69 Å². The van der Waals surface area contributed by atoms with Gasteiger partial charge in [0.05, 0.1) is 11.4 Å². The SMILES string of the molecule is Cc1ccc(O)c(N2CC(CS(=O)(=O)F)CC2=O)c1. The summed E-state index contributed by atoms with van der Waals surface area (Å²) in [6.45, 7) is 1.91. The van der Waals surface area contributed by atoms with Crippen LogP contribution in [0.4, 0.5) is 9.57 Å². The molecule has 0 bridgehead atoms. The number of phenols is 1. The summed E-state index contributed by atoms with van der Waals surface area (Å²) in [6, 6.07) is 4.81. The minimum atomic E-state index is -4.60. The monoisotopic (exact) mass is 287 g/mol. The lowest BCUT2D eigenvalue weighted by molar-refractivity contribution is -0.117. The molecule has 1 unspecified atom stereocenters. The fourth-order valence-electron chi connectivity index (χ4n) is 2.26. The molecule has 0 aromatic heterocycles. The van der Waals surface area contributed by atoms with E-state index in [9.17, 15) is 22.2 Å². The van der Waals surface area contributed by atoms with Crippen molar-refractivity contribution in [2.45, 2.75) is 13.3 Å². The van der Waals surface area contributed by atoms with Crippen LogP contribution in [0.1, 0.15) is 12.0 Å². The number of halogens is 1. The molecule has 1 aliphatic rings. The number of carbonyl (C=O) groups excluding carboxylic acids is 1. The van der Waals surface area contributed by atoms with Crippen molar-refractivity contribution >= 4 is 21.8 Å². The fraction of sp³-hybridized carbons (Fsp3) is 0.417. The lowest BCUT2D eigenvalue weighted by atomic mass is 10.1. The average molecular weight is 287 g/mol. The number of rotatable bonds is 3. The van der Waals surface area contributed by atoms with Gasteiger partial charge in [-0.25, -0.2) is 0 Å². The van der Waals surface area contributed by atoms with Gasteiger partial charge in [0.15, 0.2) is 0 Å². The minimum absolute atomic E-state index is 0.0312. The second-order valence-corrected chi connectivity index (χ2v) is 6.18. The van der Waals surface area contributed by atoms with Crippen LogP contribution < -0.4 is 4.90 Å². The Morgan fingerprint density at radius 2 is 2.16 bits per heavy atom. The molecule has 1 atom stereocenters. The van der Waals surface area contributed by atoms with E-state index in [0.717, 1.165) is 5.56 Å². The lowest BCUT2D eigenvalue weighted by Gasteiger charge is -2.18. The van der Waals surface area contributed by atoms with Crippen LogP contribution >= 0.6 is 0 Å². The predicted octanol–water partition coefficient (Wildman–Crippen LogP) is 1.35. The number of aryl methyl sites for hydroxylation is 1. The van der Waals surface area contributed by atoms with Crippen molar-refractivity contribution in [3.63, 3.8) is 0 Å². The molecule has 5 nitrogen and oxygen atoms in total. The molecule has 1 fully saturated rings. The van der Waals surface area contributed by atoms with Crippen molar-refractivity contribution in [2.24, 2.45) is 5.92 Å². The molecule has 1 aromatic carbocycles. The third kappa shape index (κ3) is 3.23. The van der Waals surface area contributed by atoms with Gasteiger partial charge in [0.2, 0.25) is 5.91 Å². The van der Waals surface area contributed by atoms with E-state index < -0.39 is 21.9 Å². The molecule has 0 spiro atoms. The number of hydrogen-bond acceptors (Lipinski definition) is 4. The number of phenolic OH excluding ortho intramolecular Hbond substituents is 1. The largest absolute Gasteiger partial charge is 0.506 e. The first kappa shape index (κ1) is 13.8. The number of benzene rings is 1. The van der Waals surface area contributed by atoms with E-state index in [-0.39, 0.29) is 24.6 Å². The van der Waals surface area contributed by atoms with Gasteiger partial charge in [-0.3, -0.25) is 4.79 Å². The summed E-state index contributed by atoms with van der Waals surface area (Å²) >= 11 is 0. The Balaban J connectivity index is 2.23. The van der Waals surface area contributed by atoms with E-state index in [1.807, 2.05) is 6.92 Å². The maximum atomic E-state index is 12.6. The van der Waals surface area contributed by atoms with E-state index in [2.05, 4.69) is 0 Å². The highest BCUT2D eigenvalue weighted by molar-refractivity contribution is 7.86. The summed E-state index contributed by atoms with van der Waals surface area (Å²) in [7, 11) is -4.60. The Labute approximate surface area is 110 Å². The Morgan fingerprint density at radius 3 is 2.79 bits per heavy atom. The highest BCUT2D eigenvalue weighted by Gasteiger charge is 2.34. The molecule has 0 aliphatic carbocycles. The topological polar surface area (TPSA) is 74.7 Å². The maximum absolute atomic E-state index is 12.6. The first-order chi connectivity index (χ1) is 8.76.